The van der Waals surface area contributed by atoms with E-state index in [0.29, 0.717) is 29.9 Å². The molecule has 3 saturated carbocycles. The Balaban J connectivity index is 1.73. The maximum absolute atomic E-state index is 10.7. The van der Waals surface area contributed by atoms with Crippen molar-refractivity contribution in [1.82, 2.24) is 0 Å². The second kappa shape index (κ2) is 4.73. The van der Waals surface area contributed by atoms with E-state index in [2.05, 4.69) is 13.8 Å². The molecule has 0 aromatic heterocycles. The van der Waals surface area contributed by atoms with Crippen LogP contribution in [0, 0.1) is 28.6 Å². The Kier molecular flexibility index (Phi) is 3.23. The van der Waals surface area contributed by atoms with Crippen molar-refractivity contribution in [3.8, 4) is 0 Å². The minimum absolute atomic E-state index is 0.0590. The molecule has 3 heteroatoms. The fourth-order valence-corrected chi connectivity index (χ4v) is 6.73. The lowest BCUT2D eigenvalue weighted by molar-refractivity contribution is -0.0785. The van der Waals surface area contributed by atoms with E-state index in [4.69, 9.17) is 0 Å². The fourth-order valence-electron chi connectivity index (χ4n) is 6.73. The third-order valence-corrected chi connectivity index (χ3v) is 8.11. The van der Waals surface area contributed by atoms with Crippen LogP contribution in [-0.4, -0.2) is 27.5 Å². The van der Waals surface area contributed by atoms with Gasteiger partial charge in [-0.2, -0.15) is 0 Å². The molecule has 0 aliphatic heterocycles. The van der Waals surface area contributed by atoms with Crippen molar-refractivity contribution in [2.24, 2.45) is 28.6 Å². The zero-order chi connectivity index (χ0) is 15.7. The monoisotopic (exact) mass is 306 g/mol. The van der Waals surface area contributed by atoms with Gasteiger partial charge in [0.2, 0.25) is 0 Å². The highest BCUT2D eigenvalue weighted by Crippen LogP contribution is 2.65. The largest absolute Gasteiger partial charge is 0.512 e. The molecule has 124 valence electrons. The van der Waals surface area contributed by atoms with Gasteiger partial charge < -0.3 is 15.3 Å². The molecule has 4 aliphatic carbocycles. The van der Waals surface area contributed by atoms with Crippen LogP contribution in [0.2, 0.25) is 0 Å². The van der Waals surface area contributed by atoms with Crippen LogP contribution in [0.4, 0.5) is 0 Å². The molecule has 0 amide bonds. The van der Waals surface area contributed by atoms with Gasteiger partial charge in [0.15, 0.2) is 0 Å². The Morgan fingerprint density at radius 2 is 1.68 bits per heavy atom. The van der Waals surface area contributed by atoms with E-state index in [0.717, 1.165) is 50.5 Å². The molecule has 0 bridgehead atoms. The van der Waals surface area contributed by atoms with Crippen molar-refractivity contribution in [2.45, 2.75) is 77.4 Å². The van der Waals surface area contributed by atoms with E-state index in [1.807, 2.05) is 0 Å². The summed E-state index contributed by atoms with van der Waals surface area (Å²) in [4.78, 5) is 0. The molecule has 7 atom stereocenters. The number of aliphatic hydroxyl groups excluding tert-OH is 3. The normalized spacial score (nSPS) is 54.6. The average Bonchev–Trinajstić information content (AvgIpc) is 2.77. The van der Waals surface area contributed by atoms with Gasteiger partial charge >= 0.3 is 0 Å². The fraction of sp³-hybridized carbons (Fsp3) is 0.895. The van der Waals surface area contributed by atoms with E-state index >= 15 is 0 Å². The first kappa shape index (κ1) is 15.0. The van der Waals surface area contributed by atoms with Crippen molar-refractivity contribution in [1.29, 1.82) is 0 Å². The summed E-state index contributed by atoms with van der Waals surface area (Å²) in [5.74, 6) is 2.25. The highest BCUT2D eigenvalue weighted by Gasteiger charge is 2.59. The molecule has 0 aromatic rings. The standard InChI is InChI=1S/C19H30O3/c1-18-7-5-11(20)9-15(18)16(21)10-12-13-3-4-17(22)19(13,2)8-6-14(12)18/h11-14,17,20-22H,3-10H2,1-2H3/t11?,12-,13-,14-,17?,18+,19-/m0/s1. The third-order valence-electron chi connectivity index (χ3n) is 8.11. The lowest BCUT2D eigenvalue weighted by atomic mass is 9.47. The molecular formula is C19H30O3. The first-order valence-electron chi connectivity index (χ1n) is 9.14. The molecule has 3 N–H and O–H groups in total. The zero-order valence-corrected chi connectivity index (χ0v) is 13.9. The smallest absolute Gasteiger partial charge is 0.0924 e. The van der Waals surface area contributed by atoms with Crippen LogP contribution in [0.15, 0.2) is 11.3 Å². The molecular weight excluding hydrogens is 276 g/mol. The molecule has 3 fully saturated rings. The zero-order valence-electron chi connectivity index (χ0n) is 13.9. The molecule has 0 heterocycles. The van der Waals surface area contributed by atoms with E-state index in [-0.39, 0.29) is 23.0 Å². The highest BCUT2D eigenvalue weighted by molar-refractivity contribution is 5.28. The highest BCUT2D eigenvalue weighted by atomic mass is 16.3. The first-order valence-corrected chi connectivity index (χ1v) is 9.14. The van der Waals surface area contributed by atoms with E-state index in [1.54, 1.807) is 0 Å². The molecule has 0 radical (unpaired) electrons. The first-order chi connectivity index (χ1) is 10.4. The van der Waals surface area contributed by atoms with Gasteiger partial charge in [0, 0.05) is 6.42 Å². The molecule has 4 rings (SSSR count). The van der Waals surface area contributed by atoms with Gasteiger partial charge in [-0.05, 0) is 79.1 Å². The molecule has 0 saturated heterocycles. The number of hydrogen-bond acceptors (Lipinski definition) is 3. The maximum Gasteiger partial charge on any atom is 0.0924 e. The molecule has 2 unspecified atom stereocenters. The van der Waals surface area contributed by atoms with Crippen LogP contribution in [0.25, 0.3) is 0 Å². The van der Waals surface area contributed by atoms with Gasteiger partial charge in [0.25, 0.3) is 0 Å². The van der Waals surface area contributed by atoms with Crippen molar-refractivity contribution in [3.05, 3.63) is 11.3 Å². The molecule has 0 aromatic carbocycles. The van der Waals surface area contributed by atoms with E-state index < -0.39 is 0 Å². The average molecular weight is 306 g/mol. The van der Waals surface area contributed by atoms with Crippen molar-refractivity contribution in [2.75, 3.05) is 0 Å². The van der Waals surface area contributed by atoms with Gasteiger partial charge in [-0.1, -0.05) is 13.8 Å². The topological polar surface area (TPSA) is 60.7 Å². The van der Waals surface area contributed by atoms with Crippen LogP contribution in [0.1, 0.15) is 65.2 Å². The second-order valence-corrected chi connectivity index (χ2v) is 8.96. The van der Waals surface area contributed by atoms with Crippen molar-refractivity contribution >= 4 is 0 Å². The Morgan fingerprint density at radius 1 is 0.909 bits per heavy atom. The molecule has 4 aliphatic rings. The summed E-state index contributed by atoms with van der Waals surface area (Å²) in [5, 5.41) is 31.2. The van der Waals surface area contributed by atoms with Gasteiger partial charge in [0.05, 0.1) is 18.0 Å². The quantitative estimate of drug-likeness (QED) is 0.641. The Labute approximate surface area is 133 Å². The minimum atomic E-state index is -0.274. The summed E-state index contributed by atoms with van der Waals surface area (Å²) in [6, 6.07) is 0. The Bertz CT molecular complexity index is 513. The van der Waals surface area contributed by atoms with Crippen LogP contribution in [0.5, 0.6) is 0 Å². The maximum atomic E-state index is 10.7. The van der Waals surface area contributed by atoms with Gasteiger partial charge in [0.1, 0.15) is 0 Å². The Hall–Kier alpha value is -0.540. The van der Waals surface area contributed by atoms with Gasteiger partial charge in [-0.25, -0.2) is 0 Å². The molecule has 0 spiro atoms. The molecule has 22 heavy (non-hydrogen) atoms. The van der Waals surface area contributed by atoms with E-state index in [9.17, 15) is 15.3 Å². The second-order valence-electron chi connectivity index (χ2n) is 8.96. The Morgan fingerprint density at radius 3 is 2.45 bits per heavy atom. The van der Waals surface area contributed by atoms with E-state index in [1.165, 1.54) is 0 Å². The summed E-state index contributed by atoms with van der Waals surface area (Å²) in [7, 11) is 0. The predicted octanol–water partition coefficient (Wildman–Crippen LogP) is 3.56. The van der Waals surface area contributed by atoms with Crippen molar-refractivity contribution in [3.63, 3.8) is 0 Å². The summed E-state index contributed by atoms with van der Waals surface area (Å²) in [6.07, 6.45) is 7.19. The predicted molar refractivity (Wildman–Crippen MR) is 85.3 cm³/mol. The van der Waals surface area contributed by atoms with Crippen LogP contribution >= 0.6 is 0 Å². The van der Waals surface area contributed by atoms with Crippen LogP contribution in [0.3, 0.4) is 0 Å². The van der Waals surface area contributed by atoms with Crippen LogP contribution < -0.4 is 0 Å². The number of allylic oxidation sites excluding steroid dienone is 1. The SMILES string of the molecule is C[C@]12CCC(O)CC1=C(O)C[C@@H]1[C@@H]2CC[C@]2(C)C(O)CC[C@@H]12. The van der Waals surface area contributed by atoms with Gasteiger partial charge in [-0.15, -0.1) is 0 Å². The number of rotatable bonds is 0. The number of aliphatic hydroxyl groups is 3. The summed E-state index contributed by atoms with van der Waals surface area (Å²) in [5.41, 5.74) is 1.28. The summed E-state index contributed by atoms with van der Waals surface area (Å²) in [6.45, 7) is 4.60. The third kappa shape index (κ3) is 1.81. The van der Waals surface area contributed by atoms with Crippen molar-refractivity contribution < 1.29 is 15.3 Å². The van der Waals surface area contributed by atoms with Crippen LogP contribution in [-0.2, 0) is 0 Å². The minimum Gasteiger partial charge on any atom is -0.512 e. The lowest BCUT2D eigenvalue weighted by Crippen LogP contribution is -2.52. The number of hydrogen-bond donors (Lipinski definition) is 3. The lowest BCUT2D eigenvalue weighted by Gasteiger charge is -2.57. The van der Waals surface area contributed by atoms with Gasteiger partial charge in [-0.3, -0.25) is 0 Å². The molecule has 3 nitrogen and oxygen atoms in total. The summed E-state index contributed by atoms with van der Waals surface area (Å²) >= 11 is 0. The number of fused-ring (bicyclic) bond motifs is 5. The summed E-state index contributed by atoms with van der Waals surface area (Å²) < 4.78 is 0.